The normalized spacial score (nSPS) is 15.6. The van der Waals surface area contributed by atoms with E-state index in [1.54, 1.807) is 34.8 Å². The Kier molecular flexibility index (Phi) is 6.43. The second kappa shape index (κ2) is 9.26. The topological polar surface area (TPSA) is 84.3 Å². The summed E-state index contributed by atoms with van der Waals surface area (Å²) in [5.41, 5.74) is 2.44. The van der Waals surface area contributed by atoms with Gasteiger partial charge in [0.15, 0.2) is 0 Å². The zero-order chi connectivity index (χ0) is 22.7. The van der Waals surface area contributed by atoms with Gasteiger partial charge < -0.3 is 9.88 Å². The van der Waals surface area contributed by atoms with Crippen LogP contribution in [0.4, 0.5) is 0 Å². The number of carbonyl (C=O) groups excluding carboxylic acids is 1. The highest BCUT2D eigenvalue weighted by molar-refractivity contribution is 7.89. The molecule has 7 nitrogen and oxygen atoms in total. The summed E-state index contributed by atoms with van der Waals surface area (Å²) in [7, 11) is -3.46. The molecular weight excluding hydrogens is 424 g/mol. The molecular formula is C24H28N4O3S. The number of hydrogen-bond acceptors (Lipinski definition) is 4. The fourth-order valence-electron chi connectivity index (χ4n) is 4.26. The Morgan fingerprint density at radius 2 is 1.75 bits per heavy atom. The van der Waals surface area contributed by atoms with Crippen molar-refractivity contribution in [1.82, 2.24) is 19.2 Å². The van der Waals surface area contributed by atoms with Crippen molar-refractivity contribution < 1.29 is 13.2 Å². The summed E-state index contributed by atoms with van der Waals surface area (Å²) in [4.78, 5) is 17.6. The van der Waals surface area contributed by atoms with E-state index >= 15 is 0 Å². The minimum absolute atomic E-state index is 0.111. The Morgan fingerprint density at radius 3 is 2.41 bits per heavy atom. The number of nitrogens with zero attached hydrogens (tertiary/aromatic N) is 3. The lowest BCUT2D eigenvalue weighted by molar-refractivity contribution is 0.0941. The molecule has 0 unspecified atom stereocenters. The Hall–Kier alpha value is -2.97. The van der Waals surface area contributed by atoms with Crippen LogP contribution in [0.3, 0.4) is 0 Å². The van der Waals surface area contributed by atoms with Crippen LogP contribution in [0.15, 0.2) is 65.7 Å². The predicted molar refractivity (Wildman–Crippen MR) is 123 cm³/mol. The molecule has 4 rings (SSSR count). The third kappa shape index (κ3) is 4.47. The van der Waals surface area contributed by atoms with Crippen LogP contribution in [0.5, 0.6) is 0 Å². The fourth-order valence-corrected chi connectivity index (χ4v) is 5.75. The first-order valence-electron chi connectivity index (χ1n) is 10.8. The second-order valence-electron chi connectivity index (χ2n) is 8.18. The highest BCUT2D eigenvalue weighted by Gasteiger charge is 2.29. The molecule has 1 fully saturated rings. The van der Waals surface area contributed by atoms with E-state index in [4.69, 9.17) is 0 Å². The Balaban J connectivity index is 1.35. The molecule has 0 aliphatic carbocycles. The van der Waals surface area contributed by atoms with Gasteiger partial charge >= 0.3 is 0 Å². The van der Waals surface area contributed by atoms with E-state index in [0.29, 0.717) is 30.1 Å². The monoisotopic (exact) mass is 452 g/mol. The molecule has 0 spiro atoms. The van der Waals surface area contributed by atoms with Gasteiger partial charge in [-0.1, -0.05) is 24.3 Å². The van der Waals surface area contributed by atoms with Crippen molar-refractivity contribution in [3.8, 4) is 5.82 Å². The molecule has 168 valence electrons. The maximum atomic E-state index is 12.9. The van der Waals surface area contributed by atoms with Crippen molar-refractivity contribution in [2.75, 3.05) is 19.6 Å². The number of aryl methyl sites for hydroxylation is 1. The van der Waals surface area contributed by atoms with Gasteiger partial charge in [0.25, 0.3) is 5.91 Å². The number of sulfonamides is 1. The third-order valence-electron chi connectivity index (χ3n) is 6.06. The Labute approximate surface area is 189 Å². The van der Waals surface area contributed by atoms with E-state index in [1.807, 2.05) is 48.7 Å². The zero-order valence-electron chi connectivity index (χ0n) is 18.4. The Bertz CT molecular complexity index is 1180. The standard InChI is InChI=1S/C24H28N4O3S/c1-18-16-22(19(2)28(18)23-10-6-7-13-25-23)24(29)26-17-20-11-14-27(15-12-20)32(30,31)21-8-4-3-5-9-21/h3-10,13,16,20H,11-12,14-15,17H2,1-2H3,(H,26,29). The summed E-state index contributed by atoms with van der Waals surface area (Å²) >= 11 is 0. The molecule has 0 bridgehead atoms. The number of pyridine rings is 1. The lowest BCUT2D eigenvalue weighted by Gasteiger charge is -2.31. The highest BCUT2D eigenvalue weighted by Crippen LogP contribution is 2.24. The van der Waals surface area contributed by atoms with Crippen LogP contribution in [0.2, 0.25) is 0 Å². The van der Waals surface area contributed by atoms with Gasteiger partial charge in [-0.2, -0.15) is 4.31 Å². The van der Waals surface area contributed by atoms with Crippen LogP contribution in [-0.2, 0) is 10.0 Å². The van der Waals surface area contributed by atoms with Crippen molar-refractivity contribution in [3.05, 3.63) is 77.7 Å². The predicted octanol–water partition coefficient (Wildman–Crippen LogP) is 3.32. The van der Waals surface area contributed by atoms with Crippen LogP contribution in [0, 0.1) is 19.8 Å². The van der Waals surface area contributed by atoms with Gasteiger partial charge in [-0.05, 0) is 62.9 Å². The van der Waals surface area contributed by atoms with E-state index in [1.165, 1.54) is 0 Å². The van der Waals surface area contributed by atoms with Crippen molar-refractivity contribution in [2.24, 2.45) is 5.92 Å². The molecule has 1 N–H and O–H groups in total. The molecule has 32 heavy (non-hydrogen) atoms. The van der Waals surface area contributed by atoms with Crippen molar-refractivity contribution in [3.63, 3.8) is 0 Å². The fraction of sp³-hybridized carbons (Fsp3) is 0.333. The molecule has 1 saturated heterocycles. The van der Waals surface area contributed by atoms with E-state index in [0.717, 1.165) is 30.0 Å². The summed E-state index contributed by atoms with van der Waals surface area (Å²) in [5.74, 6) is 0.925. The van der Waals surface area contributed by atoms with Gasteiger partial charge in [-0.25, -0.2) is 13.4 Å². The molecule has 0 radical (unpaired) electrons. The molecule has 0 saturated carbocycles. The summed E-state index contributed by atoms with van der Waals surface area (Å²) < 4.78 is 29.1. The van der Waals surface area contributed by atoms with Crippen LogP contribution in [-0.4, -0.2) is 47.8 Å². The molecule has 0 atom stereocenters. The van der Waals surface area contributed by atoms with E-state index in [9.17, 15) is 13.2 Å². The number of carbonyl (C=O) groups is 1. The number of rotatable bonds is 6. The van der Waals surface area contributed by atoms with Crippen LogP contribution >= 0.6 is 0 Å². The third-order valence-corrected chi connectivity index (χ3v) is 7.97. The lowest BCUT2D eigenvalue weighted by atomic mass is 9.98. The smallest absolute Gasteiger partial charge is 0.253 e. The van der Waals surface area contributed by atoms with Crippen LogP contribution < -0.4 is 5.32 Å². The summed E-state index contributed by atoms with van der Waals surface area (Å²) in [6.45, 7) is 5.34. The average molecular weight is 453 g/mol. The van der Waals surface area contributed by atoms with E-state index in [-0.39, 0.29) is 11.8 Å². The molecule has 2 aromatic heterocycles. The van der Waals surface area contributed by atoms with Gasteiger partial charge in [0, 0.05) is 37.2 Å². The first kappa shape index (κ1) is 22.2. The maximum absolute atomic E-state index is 12.9. The highest BCUT2D eigenvalue weighted by atomic mass is 32.2. The number of nitrogens with one attached hydrogen (secondary N) is 1. The minimum Gasteiger partial charge on any atom is -0.352 e. The van der Waals surface area contributed by atoms with Gasteiger partial charge in [0.1, 0.15) is 5.82 Å². The molecule has 1 aromatic carbocycles. The van der Waals surface area contributed by atoms with Crippen molar-refractivity contribution in [2.45, 2.75) is 31.6 Å². The first-order valence-corrected chi connectivity index (χ1v) is 12.3. The number of aromatic nitrogens is 2. The summed E-state index contributed by atoms with van der Waals surface area (Å²) in [6.07, 6.45) is 3.18. The maximum Gasteiger partial charge on any atom is 0.253 e. The largest absolute Gasteiger partial charge is 0.352 e. The van der Waals surface area contributed by atoms with Crippen molar-refractivity contribution >= 4 is 15.9 Å². The molecule has 3 heterocycles. The van der Waals surface area contributed by atoms with Gasteiger partial charge in [0.2, 0.25) is 10.0 Å². The molecule has 1 amide bonds. The van der Waals surface area contributed by atoms with Gasteiger partial charge in [0.05, 0.1) is 10.5 Å². The number of hydrogen-bond donors (Lipinski definition) is 1. The van der Waals surface area contributed by atoms with Crippen LogP contribution in [0.25, 0.3) is 5.82 Å². The average Bonchev–Trinajstić information content (AvgIpc) is 3.12. The Morgan fingerprint density at radius 1 is 1.06 bits per heavy atom. The van der Waals surface area contributed by atoms with Gasteiger partial charge in [-0.3, -0.25) is 4.79 Å². The number of benzene rings is 1. The quantitative estimate of drug-likeness (QED) is 0.622. The molecule has 8 heteroatoms. The summed E-state index contributed by atoms with van der Waals surface area (Å²) in [5, 5.41) is 3.05. The number of amides is 1. The van der Waals surface area contributed by atoms with E-state index < -0.39 is 10.0 Å². The second-order valence-corrected chi connectivity index (χ2v) is 10.1. The SMILES string of the molecule is Cc1cc(C(=O)NCC2CCN(S(=O)(=O)c3ccccc3)CC2)c(C)n1-c1ccccn1. The molecule has 1 aliphatic rings. The summed E-state index contributed by atoms with van der Waals surface area (Å²) in [6, 6.07) is 16.1. The molecule has 3 aromatic rings. The van der Waals surface area contributed by atoms with E-state index in [2.05, 4.69) is 10.3 Å². The minimum atomic E-state index is -3.46. The zero-order valence-corrected chi connectivity index (χ0v) is 19.2. The van der Waals surface area contributed by atoms with Gasteiger partial charge in [-0.15, -0.1) is 0 Å². The molecule has 1 aliphatic heterocycles. The first-order chi connectivity index (χ1) is 15.4. The van der Waals surface area contributed by atoms with Crippen LogP contribution in [0.1, 0.15) is 34.6 Å². The number of piperidine rings is 1. The lowest BCUT2D eigenvalue weighted by Crippen LogP contribution is -2.41. The van der Waals surface area contributed by atoms with Crippen molar-refractivity contribution in [1.29, 1.82) is 0 Å².